The molecule has 0 radical (unpaired) electrons. The molecule has 1 atom stereocenters. The molecule has 0 aliphatic rings. The molecule has 0 aromatic heterocycles. The van der Waals surface area contributed by atoms with E-state index in [1.165, 1.54) is 57.8 Å². The maximum atomic E-state index is 9.43. The first-order valence-electron chi connectivity index (χ1n) is 8.08. The van der Waals surface area contributed by atoms with Gasteiger partial charge in [-0.25, -0.2) is 0 Å². The predicted molar refractivity (Wildman–Crippen MR) is 80.8 cm³/mol. The van der Waals surface area contributed by atoms with Crippen LogP contribution in [0, 0.1) is 0 Å². The second kappa shape index (κ2) is 12.0. The molecule has 3 N–H and O–H groups in total. The number of hydrogen-bond donors (Lipinski definition) is 2. The van der Waals surface area contributed by atoms with Gasteiger partial charge in [0.25, 0.3) is 0 Å². The summed E-state index contributed by atoms with van der Waals surface area (Å²) in [5.74, 6) is 0. The van der Waals surface area contributed by atoms with Gasteiger partial charge in [0.1, 0.15) is 0 Å². The van der Waals surface area contributed by atoms with E-state index >= 15 is 0 Å². The van der Waals surface area contributed by atoms with E-state index in [0.29, 0.717) is 0 Å². The van der Waals surface area contributed by atoms with Gasteiger partial charge in [0.05, 0.1) is 6.61 Å². The van der Waals surface area contributed by atoms with E-state index < -0.39 is 0 Å². The first kappa shape index (κ1) is 17.9. The molecular formula is C16H35NO. The highest BCUT2D eigenvalue weighted by atomic mass is 16.3. The number of unbranched alkanes of at least 4 members (excludes halogenated alkanes) is 8. The van der Waals surface area contributed by atoms with Crippen LogP contribution < -0.4 is 5.73 Å². The molecule has 0 aromatic carbocycles. The predicted octanol–water partition coefficient (Wildman–Crippen LogP) is 4.40. The summed E-state index contributed by atoms with van der Waals surface area (Å²) in [6.07, 6.45) is 14.8. The highest BCUT2D eigenvalue weighted by Crippen LogP contribution is 2.20. The molecule has 0 aliphatic carbocycles. The molecule has 0 aliphatic heterocycles. The first-order valence-corrected chi connectivity index (χ1v) is 8.08. The molecule has 0 heterocycles. The van der Waals surface area contributed by atoms with Crippen LogP contribution in [0.2, 0.25) is 0 Å². The molecule has 0 spiro atoms. The quantitative estimate of drug-likeness (QED) is 0.480. The lowest BCUT2D eigenvalue weighted by atomic mass is 9.88. The Hall–Kier alpha value is -0.0800. The van der Waals surface area contributed by atoms with Crippen molar-refractivity contribution in [1.82, 2.24) is 0 Å². The van der Waals surface area contributed by atoms with Gasteiger partial charge in [-0.3, -0.25) is 0 Å². The number of aliphatic hydroxyl groups is 1. The van der Waals surface area contributed by atoms with E-state index in [-0.39, 0.29) is 12.1 Å². The summed E-state index contributed by atoms with van der Waals surface area (Å²) in [6.45, 7) is 4.60. The number of rotatable bonds is 13. The van der Waals surface area contributed by atoms with Gasteiger partial charge in [-0.1, -0.05) is 78.1 Å². The molecule has 0 saturated carbocycles. The van der Waals surface area contributed by atoms with Crippen molar-refractivity contribution in [2.75, 3.05) is 6.61 Å². The van der Waals surface area contributed by atoms with Crippen LogP contribution in [-0.2, 0) is 0 Å². The van der Waals surface area contributed by atoms with Crippen LogP contribution in [0.15, 0.2) is 0 Å². The van der Waals surface area contributed by atoms with Crippen LogP contribution in [0.25, 0.3) is 0 Å². The fourth-order valence-electron chi connectivity index (χ4n) is 2.44. The third-order valence-corrected chi connectivity index (χ3v) is 3.87. The highest BCUT2D eigenvalue weighted by Gasteiger charge is 2.22. The molecular weight excluding hydrogens is 222 g/mol. The fourth-order valence-corrected chi connectivity index (χ4v) is 2.44. The molecule has 110 valence electrons. The number of hydrogen-bond acceptors (Lipinski definition) is 2. The van der Waals surface area contributed by atoms with E-state index in [9.17, 15) is 5.11 Å². The minimum atomic E-state index is -0.307. The number of nitrogens with two attached hydrogens (primary N) is 1. The van der Waals surface area contributed by atoms with Crippen molar-refractivity contribution >= 4 is 0 Å². The minimum Gasteiger partial charge on any atom is -0.394 e. The third kappa shape index (κ3) is 9.90. The average molecular weight is 257 g/mol. The first-order chi connectivity index (χ1) is 8.68. The Balaban J connectivity index is 3.53. The van der Waals surface area contributed by atoms with E-state index in [2.05, 4.69) is 13.8 Å². The van der Waals surface area contributed by atoms with Crippen molar-refractivity contribution in [2.24, 2.45) is 5.73 Å². The Bertz CT molecular complexity index is 172. The molecule has 0 bridgehead atoms. The minimum absolute atomic E-state index is 0.145. The smallest absolute Gasteiger partial charge is 0.0611 e. The lowest BCUT2D eigenvalue weighted by Gasteiger charge is -2.27. The average Bonchev–Trinajstić information content (AvgIpc) is 2.38. The molecule has 1 unspecified atom stereocenters. The zero-order valence-corrected chi connectivity index (χ0v) is 12.7. The van der Waals surface area contributed by atoms with Crippen LogP contribution in [0.1, 0.15) is 90.9 Å². The van der Waals surface area contributed by atoms with Gasteiger partial charge in [-0.15, -0.1) is 0 Å². The van der Waals surface area contributed by atoms with Crippen LogP contribution in [0.3, 0.4) is 0 Å². The van der Waals surface area contributed by atoms with Crippen LogP contribution in [0.4, 0.5) is 0 Å². The normalized spacial score (nSPS) is 14.7. The Morgan fingerprint density at radius 3 is 1.61 bits per heavy atom. The van der Waals surface area contributed by atoms with Crippen molar-refractivity contribution < 1.29 is 5.11 Å². The Kier molecular flexibility index (Phi) is 11.9. The maximum absolute atomic E-state index is 9.43. The molecule has 0 aromatic rings. The fraction of sp³-hybridized carbons (Fsp3) is 1.00. The van der Waals surface area contributed by atoms with E-state index in [0.717, 1.165) is 19.3 Å². The summed E-state index contributed by atoms with van der Waals surface area (Å²) in [7, 11) is 0. The van der Waals surface area contributed by atoms with Gasteiger partial charge >= 0.3 is 0 Å². The van der Waals surface area contributed by atoms with Gasteiger partial charge < -0.3 is 10.8 Å². The van der Waals surface area contributed by atoms with Gasteiger partial charge in [0, 0.05) is 5.54 Å². The molecule has 18 heavy (non-hydrogen) atoms. The van der Waals surface area contributed by atoms with Crippen molar-refractivity contribution in [3.8, 4) is 0 Å². The summed E-state index contributed by atoms with van der Waals surface area (Å²) < 4.78 is 0. The SMILES string of the molecule is CCCCCCCCCC(N)(CO)CCCCC. The summed E-state index contributed by atoms with van der Waals surface area (Å²) in [6, 6.07) is 0. The van der Waals surface area contributed by atoms with E-state index in [4.69, 9.17) is 5.73 Å². The van der Waals surface area contributed by atoms with E-state index in [1.807, 2.05) is 0 Å². The second-order valence-electron chi connectivity index (χ2n) is 5.85. The summed E-state index contributed by atoms with van der Waals surface area (Å²) in [5.41, 5.74) is 5.94. The van der Waals surface area contributed by atoms with Crippen LogP contribution in [0.5, 0.6) is 0 Å². The Morgan fingerprint density at radius 2 is 1.11 bits per heavy atom. The van der Waals surface area contributed by atoms with Gasteiger partial charge in [-0.2, -0.15) is 0 Å². The Labute approximate surface area is 114 Å². The highest BCUT2D eigenvalue weighted by molar-refractivity contribution is 4.82. The van der Waals surface area contributed by atoms with Crippen LogP contribution in [-0.4, -0.2) is 17.3 Å². The standard InChI is InChI=1S/C16H35NO/c1-3-5-7-8-9-10-12-14-16(17,15-18)13-11-6-4-2/h18H,3-15,17H2,1-2H3. The summed E-state index contributed by atoms with van der Waals surface area (Å²) in [4.78, 5) is 0. The lowest BCUT2D eigenvalue weighted by molar-refractivity contribution is 0.171. The maximum Gasteiger partial charge on any atom is 0.0611 e. The van der Waals surface area contributed by atoms with Crippen LogP contribution >= 0.6 is 0 Å². The number of aliphatic hydroxyl groups excluding tert-OH is 1. The molecule has 2 heteroatoms. The molecule has 2 nitrogen and oxygen atoms in total. The zero-order valence-electron chi connectivity index (χ0n) is 12.7. The lowest BCUT2D eigenvalue weighted by Crippen LogP contribution is -2.43. The van der Waals surface area contributed by atoms with Gasteiger partial charge in [-0.05, 0) is 12.8 Å². The largest absolute Gasteiger partial charge is 0.394 e. The van der Waals surface area contributed by atoms with E-state index in [1.54, 1.807) is 0 Å². The summed E-state index contributed by atoms with van der Waals surface area (Å²) >= 11 is 0. The van der Waals surface area contributed by atoms with Crippen molar-refractivity contribution in [1.29, 1.82) is 0 Å². The molecule has 0 rings (SSSR count). The monoisotopic (exact) mass is 257 g/mol. The second-order valence-corrected chi connectivity index (χ2v) is 5.85. The topological polar surface area (TPSA) is 46.2 Å². The van der Waals surface area contributed by atoms with Gasteiger partial charge in [0.2, 0.25) is 0 Å². The molecule has 0 amide bonds. The third-order valence-electron chi connectivity index (χ3n) is 3.87. The summed E-state index contributed by atoms with van der Waals surface area (Å²) in [5, 5.41) is 9.43. The zero-order chi connectivity index (χ0) is 13.7. The van der Waals surface area contributed by atoms with Gasteiger partial charge in [0.15, 0.2) is 0 Å². The van der Waals surface area contributed by atoms with Crippen molar-refractivity contribution in [3.05, 3.63) is 0 Å². The molecule has 0 saturated heterocycles. The molecule has 0 fully saturated rings. The van der Waals surface area contributed by atoms with Crippen molar-refractivity contribution in [2.45, 2.75) is 96.4 Å². The van der Waals surface area contributed by atoms with Crippen molar-refractivity contribution in [3.63, 3.8) is 0 Å². The Morgan fingerprint density at radius 1 is 0.722 bits per heavy atom.